The lowest BCUT2D eigenvalue weighted by Crippen LogP contribution is -2.51. The van der Waals surface area contributed by atoms with Crippen LogP contribution in [0.15, 0.2) is 30.6 Å². The van der Waals surface area contributed by atoms with Gasteiger partial charge in [0.2, 0.25) is 0 Å². The average Bonchev–Trinajstić information content (AvgIpc) is 2.93. The number of amides is 1. The Hall–Kier alpha value is -2.42. The van der Waals surface area contributed by atoms with E-state index < -0.39 is 11.7 Å². The molecule has 0 unspecified atom stereocenters. The summed E-state index contributed by atoms with van der Waals surface area (Å²) in [6.07, 6.45) is -2.82. The van der Waals surface area contributed by atoms with Crippen LogP contribution in [-0.2, 0) is 17.5 Å². The lowest BCUT2D eigenvalue weighted by atomic mass is 10.0. The molecule has 1 aliphatic heterocycles. The van der Waals surface area contributed by atoms with E-state index in [4.69, 9.17) is 4.74 Å². The quantitative estimate of drug-likeness (QED) is 0.856. The molecule has 0 aliphatic carbocycles. The lowest BCUT2D eigenvalue weighted by Gasteiger charge is -2.40. The minimum atomic E-state index is -4.41. The van der Waals surface area contributed by atoms with Gasteiger partial charge in [-0.2, -0.15) is 13.2 Å². The van der Waals surface area contributed by atoms with Gasteiger partial charge in [0.25, 0.3) is 5.91 Å². The number of nitrogens with zero attached hydrogens (tertiary/aromatic N) is 4. The van der Waals surface area contributed by atoms with E-state index in [0.29, 0.717) is 25.5 Å². The molecule has 24 heavy (non-hydrogen) atoms. The number of methoxy groups -OCH3 is 1. The normalized spacial score (nSPS) is 15.4. The Morgan fingerprint density at radius 2 is 1.96 bits per heavy atom. The molecule has 0 bridgehead atoms. The van der Waals surface area contributed by atoms with Crippen molar-refractivity contribution in [3.05, 3.63) is 47.5 Å². The van der Waals surface area contributed by atoms with Crippen molar-refractivity contribution >= 4 is 5.91 Å². The SMILES string of the molecule is COCc1nncn1C1CN(C(=O)c2ccc(C(F)(F)F)cc2)C1. The van der Waals surface area contributed by atoms with Gasteiger partial charge in [0.15, 0.2) is 5.82 Å². The number of hydrogen-bond donors (Lipinski definition) is 0. The van der Waals surface area contributed by atoms with Crippen LogP contribution in [0, 0.1) is 0 Å². The number of alkyl halides is 3. The van der Waals surface area contributed by atoms with Crippen molar-refractivity contribution in [2.24, 2.45) is 0 Å². The first-order valence-electron chi connectivity index (χ1n) is 7.24. The summed E-state index contributed by atoms with van der Waals surface area (Å²) in [6.45, 7) is 1.23. The van der Waals surface area contributed by atoms with Crippen molar-refractivity contribution in [3.63, 3.8) is 0 Å². The molecule has 0 N–H and O–H groups in total. The van der Waals surface area contributed by atoms with E-state index in [9.17, 15) is 18.0 Å². The zero-order chi connectivity index (χ0) is 17.3. The first kappa shape index (κ1) is 16.4. The van der Waals surface area contributed by atoms with Gasteiger partial charge in [0, 0.05) is 25.8 Å². The summed E-state index contributed by atoms with van der Waals surface area (Å²) in [5.41, 5.74) is -0.531. The van der Waals surface area contributed by atoms with Crippen molar-refractivity contribution in [2.45, 2.75) is 18.8 Å². The molecule has 1 aromatic heterocycles. The van der Waals surface area contributed by atoms with Gasteiger partial charge in [0.1, 0.15) is 12.9 Å². The van der Waals surface area contributed by atoms with E-state index in [1.807, 2.05) is 4.57 Å². The Bertz CT molecular complexity index is 721. The minimum Gasteiger partial charge on any atom is -0.377 e. The summed E-state index contributed by atoms with van der Waals surface area (Å²) in [6, 6.07) is 4.28. The van der Waals surface area contributed by atoms with Gasteiger partial charge in [0.05, 0.1) is 11.6 Å². The lowest BCUT2D eigenvalue weighted by molar-refractivity contribution is -0.137. The largest absolute Gasteiger partial charge is 0.416 e. The van der Waals surface area contributed by atoms with E-state index >= 15 is 0 Å². The average molecular weight is 340 g/mol. The van der Waals surface area contributed by atoms with Gasteiger partial charge in [-0.25, -0.2) is 0 Å². The van der Waals surface area contributed by atoms with Crippen LogP contribution in [0.2, 0.25) is 0 Å². The standard InChI is InChI=1S/C15H15F3N4O2/c1-24-8-13-20-19-9-22(13)12-6-21(7-12)14(23)10-2-4-11(5-3-10)15(16,17)18/h2-5,9,12H,6-8H2,1H3. The maximum absolute atomic E-state index is 12.5. The van der Waals surface area contributed by atoms with Gasteiger partial charge in [-0.1, -0.05) is 0 Å². The Kier molecular flexibility index (Phi) is 4.27. The number of rotatable bonds is 4. The van der Waals surface area contributed by atoms with Crippen LogP contribution in [0.1, 0.15) is 27.8 Å². The fourth-order valence-corrected chi connectivity index (χ4v) is 2.59. The molecule has 1 fully saturated rings. The zero-order valence-electron chi connectivity index (χ0n) is 12.8. The molecule has 128 valence electrons. The molecule has 1 saturated heterocycles. The Labute approximate surface area is 135 Å². The van der Waals surface area contributed by atoms with Crippen LogP contribution in [0.5, 0.6) is 0 Å². The summed E-state index contributed by atoms with van der Waals surface area (Å²) in [5.74, 6) is 0.380. The second kappa shape index (κ2) is 6.23. The van der Waals surface area contributed by atoms with Gasteiger partial charge >= 0.3 is 6.18 Å². The maximum atomic E-state index is 12.5. The third-order valence-electron chi connectivity index (χ3n) is 3.92. The van der Waals surface area contributed by atoms with Crippen LogP contribution in [0.25, 0.3) is 0 Å². The van der Waals surface area contributed by atoms with E-state index in [1.54, 1.807) is 18.3 Å². The number of carbonyl (C=O) groups excluding carboxylic acids is 1. The maximum Gasteiger partial charge on any atom is 0.416 e. The highest BCUT2D eigenvalue weighted by Gasteiger charge is 2.34. The van der Waals surface area contributed by atoms with E-state index in [-0.39, 0.29) is 17.5 Å². The van der Waals surface area contributed by atoms with Crippen molar-refractivity contribution in [1.82, 2.24) is 19.7 Å². The molecule has 0 radical (unpaired) electrons. The number of ether oxygens (including phenoxy) is 1. The van der Waals surface area contributed by atoms with Gasteiger partial charge in [-0.3, -0.25) is 4.79 Å². The second-order valence-electron chi connectivity index (χ2n) is 5.53. The second-order valence-corrected chi connectivity index (χ2v) is 5.53. The predicted molar refractivity (Wildman–Crippen MR) is 77.1 cm³/mol. The van der Waals surface area contributed by atoms with Gasteiger partial charge < -0.3 is 14.2 Å². The first-order valence-corrected chi connectivity index (χ1v) is 7.24. The van der Waals surface area contributed by atoms with Crippen molar-refractivity contribution in [1.29, 1.82) is 0 Å². The molecule has 3 rings (SSSR count). The summed E-state index contributed by atoms with van der Waals surface area (Å²) in [4.78, 5) is 13.9. The number of benzene rings is 1. The zero-order valence-corrected chi connectivity index (χ0v) is 12.8. The molecule has 1 aromatic carbocycles. The Balaban J connectivity index is 1.63. The molecule has 2 heterocycles. The molecule has 1 amide bonds. The van der Waals surface area contributed by atoms with Crippen LogP contribution in [0.3, 0.4) is 0 Å². The number of carbonyl (C=O) groups is 1. The summed E-state index contributed by atoms with van der Waals surface area (Å²) < 4.78 is 44.5. The molecular weight excluding hydrogens is 325 g/mol. The van der Waals surface area contributed by atoms with Crippen molar-refractivity contribution in [3.8, 4) is 0 Å². The fourth-order valence-electron chi connectivity index (χ4n) is 2.59. The molecule has 9 heteroatoms. The van der Waals surface area contributed by atoms with Crippen LogP contribution >= 0.6 is 0 Å². The Morgan fingerprint density at radius 1 is 1.29 bits per heavy atom. The topological polar surface area (TPSA) is 60.3 Å². The summed E-state index contributed by atoms with van der Waals surface area (Å²) in [7, 11) is 1.56. The van der Waals surface area contributed by atoms with Crippen LogP contribution in [-0.4, -0.2) is 45.8 Å². The third-order valence-corrected chi connectivity index (χ3v) is 3.92. The first-order chi connectivity index (χ1) is 11.4. The molecule has 0 spiro atoms. The molecule has 0 atom stereocenters. The van der Waals surface area contributed by atoms with Crippen molar-refractivity contribution < 1.29 is 22.7 Å². The van der Waals surface area contributed by atoms with Gasteiger partial charge in [-0.15, -0.1) is 10.2 Å². The van der Waals surface area contributed by atoms with Crippen molar-refractivity contribution in [2.75, 3.05) is 20.2 Å². The number of halogens is 3. The highest BCUT2D eigenvalue weighted by Crippen LogP contribution is 2.30. The number of aromatic nitrogens is 3. The number of hydrogen-bond acceptors (Lipinski definition) is 4. The molecule has 0 saturated carbocycles. The molecular formula is C15H15F3N4O2. The smallest absolute Gasteiger partial charge is 0.377 e. The predicted octanol–water partition coefficient (Wildman–Crippen LogP) is 2.14. The summed E-state index contributed by atoms with van der Waals surface area (Å²) in [5, 5.41) is 7.77. The van der Waals surface area contributed by atoms with E-state index in [0.717, 1.165) is 12.1 Å². The number of likely N-dealkylation sites (tertiary alicyclic amines) is 1. The third kappa shape index (κ3) is 3.12. The highest BCUT2D eigenvalue weighted by atomic mass is 19.4. The molecule has 2 aromatic rings. The van der Waals surface area contributed by atoms with Gasteiger partial charge in [-0.05, 0) is 24.3 Å². The minimum absolute atomic E-state index is 0.0450. The molecule has 6 nitrogen and oxygen atoms in total. The van der Waals surface area contributed by atoms with Crippen LogP contribution in [0.4, 0.5) is 13.2 Å². The highest BCUT2D eigenvalue weighted by molar-refractivity contribution is 5.94. The Morgan fingerprint density at radius 3 is 2.54 bits per heavy atom. The molecule has 1 aliphatic rings. The fraction of sp³-hybridized carbons (Fsp3) is 0.400. The monoisotopic (exact) mass is 340 g/mol. The van der Waals surface area contributed by atoms with E-state index in [1.165, 1.54) is 12.1 Å². The summed E-state index contributed by atoms with van der Waals surface area (Å²) >= 11 is 0. The van der Waals surface area contributed by atoms with E-state index in [2.05, 4.69) is 10.2 Å². The van der Waals surface area contributed by atoms with Crippen LogP contribution < -0.4 is 0 Å².